The second-order valence-corrected chi connectivity index (χ2v) is 9.11. The van der Waals surface area contributed by atoms with Crippen LogP contribution in [0.1, 0.15) is 89.2 Å². The fourth-order valence-corrected chi connectivity index (χ4v) is 3.77. The van der Waals surface area contributed by atoms with Gasteiger partial charge in [-0.25, -0.2) is 0 Å². The van der Waals surface area contributed by atoms with Gasteiger partial charge in [0.1, 0.15) is 11.5 Å². The van der Waals surface area contributed by atoms with Crippen LogP contribution in [0.2, 0.25) is 0 Å². The third-order valence-electron chi connectivity index (χ3n) is 6.48. The molecule has 2 heteroatoms. The summed E-state index contributed by atoms with van der Waals surface area (Å²) >= 11 is 0. The van der Waals surface area contributed by atoms with Gasteiger partial charge in [-0.15, -0.1) is 0 Å². The molecule has 0 heterocycles. The SMILES string of the molecule is CC1(CCCCc2ccc(O)c(CCCCC3(C)CC3)c2O)CC1. The number of unbranched alkanes of at least 4 members (excludes halogenated alkanes) is 2. The van der Waals surface area contributed by atoms with Crippen molar-refractivity contribution < 1.29 is 10.2 Å². The fourth-order valence-electron chi connectivity index (χ4n) is 3.77. The normalized spacial score (nSPS) is 20.1. The lowest BCUT2D eigenvalue weighted by molar-refractivity contribution is 0.425. The minimum atomic E-state index is 0.263. The largest absolute Gasteiger partial charge is 0.508 e. The van der Waals surface area contributed by atoms with Crippen molar-refractivity contribution in [1.82, 2.24) is 0 Å². The van der Waals surface area contributed by atoms with Crippen LogP contribution in [-0.2, 0) is 12.8 Å². The number of phenolic OH excluding ortho intramolecular Hbond substituents is 2. The molecule has 2 N–H and O–H groups in total. The van der Waals surface area contributed by atoms with Crippen molar-refractivity contribution in [2.24, 2.45) is 10.8 Å². The van der Waals surface area contributed by atoms with Crippen molar-refractivity contribution in [1.29, 1.82) is 0 Å². The molecule has 2 nitrogen and oxygen atoms in total. The minimum Gasteiger partial charge on any atom is -0.508 e. The molecule has 1 aromatic rings. The van der Waals surface area contributed by atoms with Crippen molar-refractivity contribution in [2.75, 3.05) is 0 Å². The topological polar surface area (TPSA) is 40.5 Å². The Morgan fingerprint density at radius 2 is 1.33 bits per heavy atom. The van der Waals surface area contributed by atoms with E-state index < -0.39 is 0 Å². The number of benzene rings is 1. The summed E-state index contributed by atoms with van der Waals surface area (Å²) in [5.74, 6) is 0.615. The third-order valence-corrected chi connectivity index (χ3v) is 6.48. The van der Waals surface area contributed by atoms with Crippen molar-refractivity contribution >= 4 is 0 Å². The summed E-state index contributed by atoms with van der Waals surface area (Å²) in [4.78, 5) is 0. The van der Waals surface area contributed by atoms with Crippen LogP contribution in [0.25, 0.3) is 0 Å². The van der Waals surface area contributed by atoms with Crippen LogP contribution in [0.5, 0.6) is 11.5 Å². The molecule has 2 saturated carbocycles. The van der Waals surface area contributed by atoms with E-state index in [1.807, 2.05) is 6.07 Å². The van der Waals surface area contributed by atoms with Crippen LogP contribution in [0, 0.1) is 10.8 Å². The maximum atomic E-state index is 10.6. The highest BCUT2D eigenvalue weighted by Gasteiger charge is 2.36. The van der Waals surface area contributed by atoms with Crippen LogP contribution < -0.4 is 0 Å². The maximum absolute atomic E-state index is 10.6. The van der Waals surface area contributed by atoms with Crippen LogP contribution in [0.3, 0.4) is 0 Å². The zero-order valence-corrected chi connectivity index (χ0v) is 15.5. The Bertz CT molecular complexity index is 568. The van der Waals surface area contributed by atoms with Crippen molar-refractivity contribution in [3.63, 3.8) is 0 Å². The monoisotopic (exact) mass is 330 g/mol. The average Bonchev–Trinajstić information content (AvgIpc) is 3.45. The fraction of sp³-hybridized carbons (Fsp3) is 0.727. The molecular weight excluding hydrogens is 296 g/mol. The van der Waals surface area contributed by atoms with Crippen LogP contribution in [0.4, 0.5) is 0 Å². The van der Waals surface area contributed by atoms with E-state index in [0.717, 1.165) is 36.8 Å². The van der Waals surface area contributed by atoms with E-state index in [1.165, 1.54) is 51.4 Å². The Labute approximate surface area is 147 Å². The van der Waals surface area contributed by atoms with Gasteiger partial charge >= 0.3 is 0 Å². The Morgan fingerprint density at radius 1 is 0.792 bits per heavy atom. The summed E-state index contributed by atoms with van der Waals surface area (Å²) in [6.07, 6.45) is 14.5. The number of phenols is 2. The predicted octanol–water partition coefficient (Wildman–Crippen LogP) is 6.12. The third kappa shape index (κ3) is 4.68. The summed E-state index contributed by atoms with van der Waals surface area (Å²) in [6, 6.07) is 3.67. The van der Waals surface area contributed by atoms with E-state index in [4.69, 9.17) is 0 Å². The van der Waals surface area contributed by atoms with Gasteiger partial charge < -0.3 is 10.2 Å². The number of aryl methyl sites for hydroxylation is 1. The van der Waals surface area contributed by atoms with E-state index >= 15 is 0 Å². The van der Waals surface area contributed by atoms with E-state index in [-0.39, 0.29) is 5.75 Å². The molecule has 3 rings (SSSR count). The van der Waals surface area contributed by atoms with Gasteiger partial charge in [-0.3, -0.25) is 0 Å². The Balaban J connectivity index is 1.47. The molecule has 2 fully saturated rings. The number of aromatic hydroxyl groups is 2. The first-order valence-corrected chi connectivity index (χ1v) is 9.94. The standard InChI is InChI=1S/C22H34O2/c1-21(13-14-21)11-5-3-7-17-9-10-19(23)18(20(17)24)8-4-6-12-22(2)15-16-22/h9-10,23-24H,3-8,11-16H2,1-2H3. The summed E-state index contributed by atoms with van der Waals surface area (Å²) in [6.45, 7) is 4.75. The molecule has 0 aromatic heterocycles. The van der Waals surface area contributed by atoms with E-state index in [9.17, 15) is 10.2 Å². The van der Waals surface area contributed by atoms with Gasteiger partial charge in [0.2, 0.25) is 0 Å². The van der Waals surface area contributed by atoms with Crippen LogP contribution in [0.15, 0.2) is 12.1 Å². The molecule has 0 aliphatic heterocycles. The zero-order chi connectivity index (χ0) is 17.2. The smallest absolute Gasteiger partial charge is 0.125 e. The quantitative estimate of drug-likeness (QED) is 0.507. The Kier molecular flexibility index (Phi) is 5.13. The molecule has 0 unspecified atom stereocenters. The van der Waals surface area contributed by atoms with Gasteiger partial charge in [-0.05, 0) is 86.7 Å². The molecular formula is C22H34O2. The lowest BCUT2D eigenvalue weighted by Crippen LogP contribution is -1.97. The highest BCUT2D eigenvalue weighted by Crippen LogP contribution is 2.50. The van der Waals surface area contributed by atoms with Gasteiger partial charge in [0.05, 0.1) is 0 Å². The number of hydrogen-bond acceptors (Lipinski definition) is 2. The zero-order valence-electron chi connectivity index (χ0n) is 15.5. The molecule has 2 aliphatic carbocycles. The number of rotatable bonds is 10. The Morgan fingerprint density at radius 3 is 1.88 bits per heavy atom. The number of hydrogen-bond donors (Lipinski definition) is 2. The maximum Gasteiger partial charge on any atom is 0.125 e. The van der Waals surface area contributed by atoms with Crippen molar-refractivity contribution in [3.05, 3.63) is 23.3 Å². The second-order valence-electron chi connectivity index (χ2n) is 9.11. The van der Waals surface area contributed by atoms with Gasteiger partial charge in [0.15, 0.2) is 0 Å². The molecule has 0 spiro atoms. The molecule has 134 valence electrons. The molecule has 0 saturated heterocycles. The molecule has 1 aromatic carbocycles. The first-order chi connectivity index (χ1) is 11.4. The van der Waals surface area contributed by atoms with Gasteiger partial charge in [0.25, 0.3) is 0 Å². The molecule has 24 heavy (non-hydrogen) atoms. The van der Waals surface area contributed by atoms with Crippen molar-refractivity contribution in [2.45, 2.75) is 90.9 Å². The average molecular weight is 331 g/mol. The second kappa shape index (κ2) is 6.98. The summed E-state index contributed by atoms with van der Waals surface area (Å²) < 4.78 is 0. The van der Waals surface area contributed by atoms with Crippen LogP contribution in [-0.4, -0.2) is 10.2 Å². The Hall–Kier alpha value is -1.18. The lowest BCUT2D eigenvalue weighted by atomic mass is 9.95. The van der Waals surface area contributed by atoms with E-state index in [0.29, 0.717) is 16.6 Å². The molecule has 0 amide bonds. The predicted molar refractivity (Wildman–Crippen MR) is 99.6 cm³/mol. The van der Waals surface area contributed by atoms with Crippen molar-refractivity contribution in [3.8, 4) is 11.5 Å². The van der Waals surface area contributed by atoms with Gasteiger partial charge in [-0.2, -0.15) is 0 Å². The van der Waals surface area contributed by atoms with E-state index in [1.54, 1.807) is 6.07 Å². The molecule has 0 bridgehead atoms. The minimum absolute atomic E-state index is 0.263. The first-order valence-electron chi connectivity index (χ1n) is 9.94. The molecule has 0 atom stereocenters. The van der Waals surface area contributed by atoms with Gasteiger partial charge in [-0.1, -0.05) is 32.8 Å². The molecule has 2 aliphatic rings. The summed E-state index contributed by atoms with van der Waals surface area (Å²) in [7, 11) is 0. The summed E-state index contributed by atoms with van der Waals surface area (Å²) in [5.41, 5.74) is 3.00. The van der Waals surface area contributed by atoms with Gasteiger partial charge in [0, 0.05) is 5.56 Å². The van der Waals surface area contributed by atoms with Crippen LogP contribution >= 0.6 is 0 Å². The highest BCUT2D eigenvalue weighted by molar-refractivity contribution is 5.48. The lowest BCUT2D eigenvalue weighted by Gasteiger charge is -2.13. The summed E-state index contributed by atoms with van der Waals surface area (Å²) in [5, 5.41) is 20.7. The molecule has 0 radical (unpaired) electrons. The first kappa shape index (κ1) is 17.6. The van der Waals surface area contributed by atoms with E-state index in [2.05, 4.69) is 13.8 Å². The highest BCUT2D eigenvalue weighted by atomic mass is 16.3.